The first-order valence-electron chi connectivity index (χ1n) is 7.76. The van der Waals surface area contributed by atoms with Crippen LogP contribution in [0.25, 0.3) is 0 Å². The second-order valence-corrected chi connectivity index (χ2v) is 5.97. The first-order valence-corrected chi connectivity index (χ1v) is 7.76. The number of nitrogens with zero attached hydrogens (tertiary/aromatic N) is 5. The molecule has 1 aromatic rings. The number of rotatable bonds is 2. The number of hydrogen-bond donors (Lipinski definition) is 0. The Morgan fingerprint density at radius 3 is 1.95 bits per heavy atom. The molecule has 0 spiro atoms. The molecule has 2 aliphatic heterocycles. The minimum absolute atomic E-state index is 0.891. The van der Waals surface area contributed by atoms with E-state index in [2.05, 4.69) is 37.8 Å². The van der Waals surface area contributed by atoms with Crippen LogP contribution in [0.1, 0.15) is 25.1 Å². The largest absolute Gasteiger partial charge is 0.356 e. The minimum Gasteiger partial charge on any atom is -0.356 e. The summed E-state index contributed by atoms with van der Waals surface area (Å²) in [5, 5.41) is 0. The summed E-state index contributed by atoms with van der Waals surface area (Å²) in [7, 11) is 2.18. The second kappa shape index (κ2) is 5.95. The molecular formula is C15H25N5. The zero-order valence-corrected chi connectivity index (χ0v) is 12.7. The molecule has 20 heavy (non-hydrogen) atoms. The van der Waals surface area contributed by atoms with Crippen LogP contribution in [-0.2, 0) is 0 Å². The smallest absolute Gasteiger partial charge is 0.134 e. The van der Waals surface area contributed by atoms with Gasteiger partial charge in [0.15, 0.2) is 0 Å². The van der Waals surface area contributed by atoms with Gasteiger partial charge in [-0.15, -0.1) is 0 Å². The Morgan fingerprint density at radius 1 is 0.800 bits per heavy atom. The van der Waals surface area contributed by atoms with Crippen molar-refractivity contribution in [1.29, 1.82) is 0 Å². The summed E-state index contributed by atoms with van der Waals surface area (Å²) in [5.74, 6) is 3.11. The van der Waals surface area contributed by atoms with Crippen molar-refractivity contribution >= 4 is 11.6 Å². The van der Waals surface area contributed by atoms with Crippen LogP contribution in [0.3, 0.4) is 0 Å². The highest BCUT2D eigenvalue weighted by atomic mass is 15.3. The van der Waals surface area contributed by atoms with Gasteiger partial charge in [-0.3, -0.25) is 0 Å². The first-order chi connectivity index (χ1) is 9.72. The van der Waals surface area contributed by atoms with Gasteiger partial charge in [-0.2, -0.15) is 0 Å². The third-order valence-corrected chi connectivity index (χ3v) is 4.32. The molecule has 0 bridgehead atoms. The topological polar surface area (TPSA) is 35.5 Å². The lowest BCUT2D eigenvalue weighted by atomic mass is 10.1. The maximum Gasteiger partial charge on any atom is 0.134 e. The lowest BCUT2D eigenvalue weighted by molar-refractivity contribution is 0.312. The molecule has 0 aliphatic carbocycles. The summed E-state index contributed by atoms with van der Waals surface area (Å²) in [4.78, 5) is 16.5. The molecule has 2 saturated heterocycles. The molecule has 3 rings (SSSR count). The molecule has 0 aromatic carbocycles. The lowest BCUT2D eigenvalue weighted by Gasteiger charge is -2.34. The average molecular weight is 275 g/mol. The van der Waals surface area contributed by atoms with Crippen molar-refractivity contribution in [2.24, 2.45) is 0 Å². The van der Waals surface area contributed by atoms with Crippen molar-refractivity contribution in [2.75, 3.05) is 56.1 Å². The van der Waals surface area contributed by atoms with Crippen LogP contribution in [0.5, 0.6) is 0 Å². The fraction of sp³-hybridized carbons (Fsp3) is 0.733. The molecule has 0 atom stereocenters. The molecule has 2 aliphatic rings. The first kappa shape index (κ1) is 13.6. The van der Waals surface area contributed by atoms with E-state index in [1.807, 2.05) is 6.92 Å². The number of piperidine rings is 1. The lowest BCUT2D eigenvalue weighted by Crippen LogP contribution is -2.45. The van der Waals surface area contributed by atoms with Gasteiger partial charge >= 0.3 is 0 Å². The zero-order chi connectivity index (χ0) is 13.9. The molecular weight excluding hydrogens is 250 g/mol. The van der Waals surface area contributed by atoms with Gasteiger partial charge in [0.1, 0.15) is 17.5 Å². The fourth-order valence-electron chi connectivity index (χ4n) is 3.02. The van der Waals surface area contributed by atoms with Gasteiger partial charge in [0, 0.05) is 45.3 Å². The minimum atomic E-state index is 0.891. The summed E-state index contributed by atoms with van der Waals surface area (Å²) in [5.41, 5.74) is 0. The summed E-state index contributed by atoms with van der Waals surface area (Å²) < 4.78 is 0. The Bertz CT molecular complexity index is 448. The van der Waals surface area contributed by atoms with Crippen molar-refractivity contribution in [3.05, 3.63) is 11.9 Å². The average Bonchev–Trinajstić information content (AvgIpc) is 2.48. The number of piperazine rings is 1. The van der Waals surface area contributed by atoms with Crippen molar-refractivity contribution < 1.29 is 0 Å². The summed E-state index contributed by atoms with van der Waals surface area (Å²) in [6, 6.07) is 2.18. The summed E-state index contributed by atoms with van der Waals surface area (Å²) in [6.07, 6.45) is 3.92. The van der Waals surface area contributed by atoms with Crippen LogP contribution >= 0.6 is 0 Å². The van der Waals surface area contributed by atoms with Crippen LogP contribution in [0.15, 0.2) is 6.07 Å². The van der Waals surface area contributed by atoms with Crippen LogP contribution in [0.2, 0.25) is 0 Å². The monoisotopic (exact) mass is 275 g/mol. The van der Waals surface area contributed by atoms with Crippen LogP contribution in [-0.4, -0.2) is 61.2 Å². The molecule has 5 nitrogen and oxygen atoms in total. The van der Waals surface area contributed by atoms with Gasteiger partial charge in [-0.05, 0) is 33.2 Å². The highest BCUT2D eigenvalue weighted by Gasteiger charge is 2.19. The van der Waals surface area contributed by atoms with Gasteiger partial charge < -0.3 is 14.7 Å². The Morgan fingerprint density at radius 2 is 1.35 bits per heavy atom. The molecule has 5 heteroatoms. The van der Waals surface area contributed by atoms with E-state index in [0.29, 0.717) is 0 Å². The highest BCUT2D eigenvalue weighted by molar-refractivity contribution is 5.51. The molecule has 2 fully saturated rings. The van der Waals surface area contributed by atoms with Crippen LogP contribution in [0, 0.1) is 6.92 Å². The predicted octanol–water partition coefficient (Wildman–Crippen LogP) is 1.53. The van der Waals surface area contributed by atoms with E-state index >= 15 is 0 Å². The Labute approximate surface area is 121 Å². The molecule has 0 saturated carbocycles. The molecule has 3 heterocycles. The number of anilines is 2. The predicted molar refractivity (Wildman–Crippen MR) is 82.5 cm³/mol. The van der Waals surface area contributed by atoms with Crippen molar-refractivity contribution in [2.45, 2.75) is 26.2 Å². The number of hydrogen-bond acceptors (Lipinski definition) is 5. The van der Waals surface area contributed by atoms with E-state index in [9.17, 15) is 0 Å². The van der Waals surface area contributed by atoms with Crippen LogP contribution in [0.4, 0.5) is 11.6 Å². The Hall–Kier alpha value is -1.36. The van der Waals surface area contributed by atoms with Gasteiger partial charge in [-0.25, -0.2) is 9.97 Å². The van der Waals surface area contributed by atoms with Gasteiger partial charge in [0.05, 0.1) is 0 Å². The van der Waals surface area contributed by atoms with Gasteiger partial charge in [0.2, 0.25) is 0 Å². The van der Waals surface area contributed by atoms with E-state index in [1.165, 1.54) is 19.3 Å². The second-order valence-electron chi connectivity index (χ2n) is 5.97. The molecule has 0 unspecified atom stereocenters. The maximum atomic E-state index is 4.65. The highest BCUT2D eigenvalue weighted by Crippen LogP contribution is 2.22. The van der Waals surface area contributed by atoms with E-state index < -0.39 is 0 Å². The van der Waals surface area contributed by atoms with Crippen LogP contribution < -0.4 is 9.80 Å². The van der Waals surface area contributed by atoms with Gasteiger partial charge in [-0.1, -0.05) is 0 Å². The number of likely N-dealkylation sites (N-methyl/N-ethyl adjacent to an activating group) is 1. The molecule has 0 amide bonds. The van der Waals surface area contributed by atoms with E-state index in [4.69, 9.17) is 0 Å². The van der Waals surface area contributed by atoms with E-state index in [-0.39, 0.29) is 0 Å². The third-order valence-electron chi connectivity index (χ3n) is 4.32. The molecule has 0 N–H and O–H groups in total. The molecule has 0 radical (unpaired) electrons. The van der Waals surface area contributed by atoms with Crippen molar-refractivity contribution in [3.63, 3.8) is 0 Å². The van der Waals surface area contributed by atoms with Crippen molar-refractivity contribution in [3.8, 4) is 0 Å². The number of aromatic nitrogens is 2. The van der Waals surface area contributed by atoms with E-state index in [1.54, 1.807) is 0 Å². The summed E-state index contributed by atoms with van der Waals surface area (Å²) in [6.45, 7) is 8.63. The standard InChI is InChI=1S/C15H25N5/c1-13-16-14(19-6-4-3-5-7-19)12-15(17-13)20-10-8-18(2)9-11-20/h12H,3-11H2,1-2H3. The Kier molecular flexibility index (Phi) is 4.05. The molecule has 1 aromatic heterocycles. The number of aryl methyl sites for hydroxylation is 1. The zero-order valence-electron chi connectivity index (χ0n) is 12.7. The maximum absolute atomic E-state index is 4.65. The SMILES string of the molecule is Cc1nc(N2CCCCC2)cc(N2CCN(C)CC2)n1. The van der Waals surface area contributed by atoms with E-state index in [0.717, 1.165) is 56.7 Å². The third kappa shape index (κ3) is 3.03. The molecule has 110 valence electrons. The van der Waals surface area contributed by atoms with Gasteiger partial charge in [0.25, 0.3) is 0 Å². The fourth-order valence-corrected chi connectivity index (χ4v) is 3.02. The quantitative estimate of drug-likeness (QED) is 0.818. The summed E-state index contributed by atoms with van der Waals surface area (Å²) >= 11 is 0. The Balaban J connectivity index is 1.79. The normalized spacial score (nSPS) is 21.3. The van der Waals surface area contributed by atoms with Crippen molar-refractivity contribution in [1.82, 2.24) is 14.9 Å².